The van der Waals surface area contributed by atoms with Gasteiger partial charge in [-0.15, -0.1) is 0 Å². The molecule has 0 radical (unpaired) electrons. The van der Waals surface area contributed by atoms with Crippen LogP contribution in [0.15, 0.2) is 53.4 Å². The third kappa shape index (κ3) is 7.76. The van der Waals surface area contributed by atoms with Crippen LogP contribution in [0.25, 0.3) is 0 Å². The van der Waals surface area contributed by atoms with Crippen LogP contribution in [0, 0.1) is 11.8 Å². The van der Waals surface area contributed by atoms with Gasteiger partial charge in [0.1, 0.15) is 24.1 Å². The van der Waals surface area contributed by atoms with Crippen LogP contribution in [-0.4, -0.2) is 70.8 Å². The maximum atomic E-state index is 13.5. The molecule has 1 saturated carbocycles. The van der Waals surface area contributed by atoms with Crippen molar-refractivity contribution in [3.63, 3.8) is 0 Å². The number of amides is 2. The summed E-state index contributed by atoms with van der Waals surface area (Å²) in [4.78, 5) is 29.3. The summed E-state index contributed by atoms with van der Waals surface area (Å²) >= 11 is 6.32. The number of aryl methyl sites for hydroxylation is 1. The molecule has 10 nitrogen and oxygen atoms in total. The van der Waals surface area contributed by atoms with Crippen molar-refractivity contribution >= 4 is 39.3 Å². The largest absolute Gasteiger partial charge is 0.487 e. The first-order chi connectivity index (χ1) is 21.3. The highest BCUT2D eigenvalue weighted by Crippen LogP contribution is 2.42. The van der Waals surface area contributed by atoms with Crippen molar-refractivity contribution in [3.05, 3.63) is 64.7 Å². The van der Waals surface area contributed by atoms with Crippen LogP contribution in [0.5, 0.6) is 5.75 Å². The van der Waals surface area contributed by atoms with Crippen molar-refractivity contribution in [2.75, 3.05) is 38.7 Å². The Hall–Kier alpha value is -3.28. The maximum Gasteiger partial charge on any atom is 0.409 e. The maximum absolute atomic E-state index is 13.5. The SMILES string of the molecule is CN(C)C(=O)O[C@H]1/C=C\COC(C)(C)C(=O)NS(=O)(=O)c2ccc3c(c2)N(CCCCc2cc(Cl)ccc2CO3)C[C@@H]2CC[C@H]21. The molecule has 2 aliphatic heterocycles. The zero-order valence-electron chi connectivity index (χ0n) is 26.3. The summed E-state index contributed by atoms with van der Waals surface area (Å²) < 4.78 is 47.3. The summed E-state index contributed by atoms with van der Waals surface area (Å²) in [5, 5.41) is 0.676. The van der Waals surface area contributed by atoms with Crippen LogP contribution in [0.4, 0.5) is 10.5 Å². The number of anilines is 1. The van der Waals surface area contributed by atoms with E-state index in [-0.39, 0.29) is 23.3 Å². The molecule has 0 aromatic heterocycles. The van der Waals surface area contributed by atoms with E-state index < -0.39 is 33.7 Å². The zero-order chi connectivity index (χ0) is 32.4. The van der Waals surface area contributed by atoms with Gasteiger partial charge >= 0.3 is 6.09 Å². The number of sulfonamides is 1. The van der Waals surface area contributed by atoms with E-state index in [1.54, 1.807) is 32.3 Å². The first-order valence-electron chi connectivity index (χ1n) is 15.4. The van der Waals surface area contributed by atoms with Crippen molar-refractivity contribution in [2.24, 2.45) is 11.8 Å². The molecule has 3 aliphatic rings. The minimum atomic E-state index is -4.23. The summed E-state index contributed by atoms with van der Waals surface area (Å²) in [6.07, 6.45) is 7.02. The highest BCUT2D eigenvalue weighted by Gasteiger charge is 2.40. The average Bonchev–Trinajstić information content (AvgIpc) is 2.99. The molecule has 1 fully saturated rings. The molecule has 0 spiro atoms. The van der Waals surface area contributed by atoms with Crippen molar-refractivity contribution in [2.45, 2.75) is 69.2 Å². The molecule has 2 aromatic rings. The zero-order valence-corrected chi connectivity index (χ0v) is 27.8. The van der Waals surface area contributed by atoms with Gasteiger partial charge in [0, 0.05) is 38.1 Å². The number of benzene rings is 2. The number of ether oxygens (including phenoxy) is 3. The summed E-state index contributed by atoms with van der Waals surface area (Å²) in [5.41, 5.74) is 1.34. The number of nitrogens with zero attached hydrogens (tertiary/aromatic N) is 2. The number of hydrogen-bond donors (Lipinski definition) is 1. The van der Waals surface area contributed by atoms with Crippen LogP contribution in [-0.2, 0) is 37.3 Å². The van der Waals surface area contributed by atoms with E-state index >= 15 is 0 Å². The molecule has 2 aromatic carbocycles. The van der Waals surface area contributed by atoms with Crippen molar-refractivity contribution in [1.29, 1.82) is 0 Å². The monoisotopic (exact) mass is 659 g/mol. The molecule has 45 heavy (non-hydrogen) atoms. The second-order valence-electron chi connectivity index (χ2n) is 12.7. The van der Waals surface area contributed by atoms with Crippen LogP contribution < -0.4 is 14.4 Å². The number of halogens is 1. The Morgan fingerprint density at radius 2 is 1.91 bits per heavy atom. The van der Waals surface area contributed by atoms with E-state index in [0.29, 0.717) is 36.2 Å². The van der Waals surface area contributed by atoms with Gasteiger partial charge in [-0.2, -0.15) is 0 Å². The summed E-state index contributed by atoms with van der Waals surface area (Å²) in [5.74, 6) is -0.0270. The lowest BCUT2D eigenvalue weighted by Crippen LogP contribution is -2.47. The van der Waals surface area contributed by atoms with Gasteiger partial charge in [0.05, 0.1) is 17.2 Å². The van der Waals surface area contributed by atoms with Crippen molar-refractivity contribution in [1.82, 2.24) is 9.62 Å². The molecular formula is C33H42ClN3O7S. The lowest BCUT2D eigenvalue weighted by atomic mass is 9.70. The second-order valence-corrected chi connectivity index (χ2v) is 14.8. The Morgan fingerprint density at radius 3 is 2.64 bits per heavy atom. The van der Waals surface area contributed by atoms with E-state index in [1.165, 1.54) is 24.8 Å². The fourth-order valence-corrected chi connectivity index (χ4v) is 7.25. The molecule has 2 amide bonds. The lowest BCUT2D eigenvalue weighted by Gasteiger charge is -2.43. The molecule has 0 unspecified atom stereocenters. The topological polar surface area (TPSA) is 114 Å². The Balaban J connectivity index is 1.56. The highest BCUT2D eigenvalue weighted by atomic mass is 35.5. The van der Waals surface area contributed by atoms with Crippen LogP contribution in [0.3, 0.4) is 0 Å². The normalized spacial score (nSPS) is 25.5. The second kappa shape index (κ2) is 13.6. The average molecular weight is 660 g/mol. The quantitative estimate of drug-likeness (QED) is 0.409. The minimum Gasteiger partial charge on any atom is -0.487 e. The van der Waals surface area contributed by atoms with Crippen LogP contribution >= 0.6 is 11.6 Å². The molecule has 2 heterocycles. The molecule has 12 heteroatoms. The lowest BCUT2D eigenvalue weighted by molar-refractivity contribution is -0.139. The van der Waals surface area contributed by atoms with E-state index in [1.807, 2.05) is 24.3 Å². The first-order valence-corrected chi connectivity index (χ1v) is 17.2. The molecule has 1 aliphatic carbocycles. The number of rotatable bonds is 1. The fourth-order valence-electron chi connectivity index (χ4n) is 5.93. The van der Waals surface area contributed by atoms with Gasteiger partial charge in [-0.25, -0.2) is 17.9 Å². The molecular weight excluding hydrogens is 618 g/mol. The van der Waals surface area contributed by atoms with Gasteiger partial charge in [-0.1, -0.05) is 23.7 Å². The Kier molecular flexibility index (Phi) is 10.0. The van der Waals surface area contributed by atoms with Gasteiger partial charge in [0.15, 0.2) is 0 Å². The van der Waals surface area contributed by atoms with Gasteiger partial charge in [-0.05, 0) is 99.4 Å². The highest BCUT2D eigenvalue weighted by molar-refractivity contribution is 7.90. The molecule has 0 saturated heterocycles. The first kappa shape index (κ1) is 33.1. The van der Waals surface area contributed by atoms with E-state index in [4.69, 9.17) is 25.8 Å². The smallest absolute Gasteiger partial charge is 0.409 e. The van der Waals surface area contributed by atoms with Gasteiger partial charge < -0.3 is 24.0 Å². The Bertz CT molecular complexity index is 1560. The van der Waals surface area contributed by atoms with Crippen molar-refractivity contribution in [3.8, 4) is 5.75 Å². The van der Waals surface area contributed by atoms with Gasteiger partial charge in [0.25, 0.3) is 15.9 Å². The van der Waals surface area contributed by atoms with Gasteiger partial charge in [0.2, 0.25) is 0 Å². The molecule has 2 bridgehead atoms. The third-order valence-corrected chi connectivity index (χ3v) is 10.4. The summed E-state index contributed by atoms with van der Waals surface area (Å²) in [6, 6.07) is 10.5. The van der Waals surface area contributed by atoms with Gasteiger partial charge in [-0.3, -0.25) is 4.79 Å². The number of nitrogens with one attached hydrogen (secondary N) is 1. The third-order valence-electron chi connectivity index (χ3n) is 8.85. The fraction of sp³-hybridized carbons (Fsp3) is 0.515. The number of fused-ring (bicyclic) bond motifs is 3. The van der Waals surface area contributed by atoms with E-state index in [2.05, 4.69) is 9.62 Å². The van der Waals surface area contributed by atoms with Crippen molar-refractivity contribution < 1.29 is 32.2 Å². The standard InChI is InChI=1S/C33H42ClN3O7S/c1-33(2)31(38)35-45(40,41)26-13-15-30-28(19-26)37(16-6-5-8-22-18-25(34)12-10-24(22)21-42-30)20-23-11-14-27(23)29(9-7-17-43-33)44-32(39)36(3)4/h7,9-10,12-13,15,18-19,23,27,29H,5-6,8,11,14,16-17,20-21H2,1-4H3,(H,35,38)/b9-7-/t23-,27+,29-/m0/s1. The minimum absolute atomic E-state index is 0.0315. The Labute approximate surface area is 270 Å². The summed E-state index contributed by atoms with van der Waals surface area (Å²) in [6.45, 7) is 4.62. The molecule has 244 valence electrons. The number of carbonyl (C=O) groups is 2. The molecule has 3 atom stereocenters. The molecule has 1 N–H and O–H groups in total. The van der Waals surface area contributed by atoms with Crippen LogP contribution in [0.1, 0.15) is 50.7 Å². The molecule has 5 rings (SSSR count). The summed E-state index contributed by atoms with van der Waals surface area (Å²) in [7, 11) is -0.934. The predicted octanol–water partition coefficient (Wildman–Crippen LogP) is 5.32. The van der Waals surface area contributed by atoms with E-state index in [9.17, 15) is 18.0 Å². The number of hydrogen-bond acceptors (Lipinski definition) is 8. The predicted molar refractivity (Wildman–Crippen MR) is 172 cm³/mol. The Morgan fingerprint density at radius 1 is 1.11 bits per heavy atom. The van der Waals surface area contributed by atoms with Crippen LogP contribution in [0.2, 0.25) is 5.02 Å². The number of carbonyl (C=O) groups excluding carboxylic acids is 2. The van der Waals surface area contributed by atoms with E-state index in [0.717, 1.165) is 43.2 Å².